The Morgan fingerprint density at radius 1 is 1.23 bits per heavy atom. The van der Waals surface area contributed by atoms with Gasteiger partial charge in [-0.2, -0.15) is 0 Å². The van der Waals surface area contributed by atoms with Gasteiger partial charge in [-0.05, 0) is 63.2 Å². The number of rotatable bonds is 5. The Hall–Kier alpha value is -2.55. The average molecular weight is 459 g/mol. The number of fused-ring (bicyclic) bond motifs is 1. The molecule has 1 saturated carbocycles. The third-order valence-electron chi connectivity index (χ3n) is 6.47. The van der Waals surface area contributed by atoms with Gasteiger partial charge in [0.15, 0.2) is 0 Å². The maximum atomic E-state index is 13.0. The van der Waals surface area contributed by atoms with Gasteiger partial charge in [0.05, 0.1) is 20.9 Å². The zero-order valence-corrected chi connectivity index (χ0v) is 18.8. The van der Waals surface area contributed by atoms with Crippen LogP contribution in [0.15, 0.2) is 41.2 Å². The van der Waals surface area contributed by atoms with Gasteiger partial charge in [0, 0.05) is 12.1 Å². The second-order valence-corrected chi connectivity index (χ2v) is 10.1. The van der Waals surface area contributed by atoms with Crippen LogP contribution in [0, 0.1) is 0 Å². The molecule has 1 aliphatic carbocycles. The molecule has 31 heavy (non-hydrogen) atoms. The summed E-state index contributed by atoms with van der Waals surface area (Å²) in [7, 11) is 4.16. The van der Waals surface area contributed by atoms with Gasteiger partial charge >= 0.3 is 5.69 Å². The van der Waals surface area contributed by atoms with E-state index in [1.165, 1.54) is 26.0 Å². The number of aromatic nitrogens is 2. The van der Waals surface area contributed by atoms with Gasteiger partial charge < -0.3 is 10.4 Å². The summed E-state index contributed by atoms with van der Waals surface area (Å²) in [6, 6.07) is 10.7. The highest BCUT2D eigenvalue weighted by atomic mass is 35.5. The molecule has 0 bridgehead atoms. The topological polar surface area (TPSA) is 79.5 Å². The fourth-order valence-electron chi connectivity index (χ4n) is 4.58. The number of nitrogens with zero attached hydrogens (tertiary/aromatic N) is 3. The van der Waals surface area contributed by atoms with Crippen LogP contribution in [0.3, 0.4) is 0 Å². The van der Waals surface area contributed by atoms with E-state index in [1.54, 1.807) is 12.1 Å². The third-order valence-corrected chi connectivity index (χ3v) is 7.70. The Kier molecular flexibility index (Phi) is 4.76. The highest BCUT2D eigenvalue weighted by molar-refractivity contribution is 7.18. The van der Waals surface area contributed by atoms with Gasteiger partial charge in [0.1, 0.15) is 5.69 Å². The van der Waals surface area contributed by atoms with Crippen molar-refractivity contribution in [2.75, 3.05) is 14.1 Å². The van der Waals surface area contributed by atoms with Crippen molar-refractivity contribution in [1.82, 2.24) is 19.4 Å². The molecule has 3 aromatic rings. The first kappa shape index (κ1) is 20.4. The summed E-state index contributed by atoms with van der Waals surface area (Å²) in [5.74, 6) is -0.392. The van der Waals surface area contributed by atoms with E-state index in [1.807, 2.05) is 24.3 Å². The fraction of sp³-hybridized carbons (Fsp3) is 0.364. The van der Waals surface area contributed by atoms with E-state index < -0.39 is 6.04 Å². The molecule has 1 atom stereocenters. The largest absolute Gasteiger partial charge is 0.493 e. The summed E-state index contributed by atoms with van der Waals surface area (Å²) in [5, 5.41) is 13.9. The van der Waals surface area contributed by atoms with Crippen LogP contribution in [0.4, 0.5) is 0 Å². The maximum Gasteiger partial charge on any atom is 0.335 e. The Morgan fingerprint density at radius 2 is 1.94 bits per heavy atom. The molecule has 3 heterocycles. The summed E-state index contributed by atoms with van der Waals surface area (Å²) < 4.78 is 3.39. The number of aromatic hydroxyl groups is 1. The van der Waals surface area contributed by atoms with Crippen molar-refractivity contribution < 1.29 is 9.90 Å². The zero-order valence-electron chi connectivity index (χ0n) is 17.3. The molecule has 1 aliphatic heterocycles. The second kappa shape index (κ2) is 7.25. The van der Waals surface area contributed by atoms with E-state index in [9.17, 15) is 14.7 Å². The van der Waals surface area contributed by atoms with Crippen LogP contribution in [0.1, 0.15) is 46.2 Å². The van der Waals surface area contributed by atoms with E-state index >= 15 is 0 Å². The predicted octanol–water partition coefficient (Wildman–Crippen LogP) is 3.49. The molecule has 0 saturated heterocycles. The molecular weight excluding hydrogens is 436 g/mol. The van der Waals surface area contributed by atoms with Gasteiger partial charge in [-0.15, -0.1) is 11.3 Å². The lowest BCUT2D eigenvalue weighted by atomic mass is 10.0. The lowest BCUT2D eigenvalue weighted by molar-refractivity contribution is 0.0940. The van der Waals surface area contributed by atoms with Crippen LogP contribution in [-0.2, 0) is 12.1 Å². The SMILES string of the molecule is CN(C)C1(c2ccc(-n3c(O)c4n(c3=O)CC[C@H]4NC(=O)c3ccc(Cl)s3)cc2)CC1. The molecule has 162 valence electrons. The zero-order chi connectivity index (χ0) is 21.9. The molecule has 7 nitrogen and oxygen atoms in total. The van der Waals surface area contributed by atoms with Gasteiger partial charge in [0.25, 0.3) is 5.91 Å². The number of nitrogens with one attached hydrogen (secondary N) is 1. The van der Waals surface area contributed by atoms with E-state index in [4.69, 9.17) is 11.6 Å². The number of thiophene rings is 1. The van der Waals surface area contributed by atoms with Crippen molar-refractivity contribution in [3.8, 4) is 11.6 Å². The van der Waals surface area contributed by atoms with Gasteiger partial charge in [-0.3, -0.25) is 14.3 Å². The summed E-state index contributed by atoms with van der Waals surface area (Å²) in [4.78, 5) is 28.3. The van der Waals surface area contributed by atoms with Crippen LogP contribution in [0.5, 0.6) is 5.88 Å². The minimum Gasteiger partial charge on any atom is -0.493 e. The van der Waals surface area contributed by atoms with Crippen LogP contribution in [0.2, 0.25) is 4.34 Å². The molecule has 2 aliphatic rings. The van der Waals surface area contributed by atoms with Gasteiger partial charge in [-0.1, -0.05) is 23.7 Å². The molecular formula is C22H23ClN4O3S. The number of benzene rings is 1. The Morgan fingerprint density at radius 3 is 2.52 bits per heavy atom. The smallest absolute Gasteiger partial charge is 0.335 e. The number of hydrogen-bond donors (Lipinski definition) is 2. The van der Waals surface area contributed by atoms with Crippen LogP contribution < -0.4 is 11.0 Å². The molecule has 9 heteroatoms. The van der Waals surface area contributed by atoms with Crippen LogP contribution in [0.25, 0.3) is 5.69 Å². The van der Waals surface area contributed by atoms with Crippen LogP contribution >= 0.6 is 22.9 Å². The monoisotopic (exact) mass is 458 g/mol. The number of carbonyl (C=O) groups is 1. The number of carbonyl (C=O) groups excluding carboxylic acids is 1. The minimum absolute atomic E-state index is 0.0775. The Balaban J connectivity index is 1.44. The Bertz CT molecular complexity index is 1220. The molecule has 0 spiro atoms. The molecule has 1 aromatic carbocycles. The molecule has 5 rings (SSSR count). The van der Waals surface area contributed by atoms with E-state index in [0.717, 1.165) is 12.8 Å². The van der Waals surface area contributed by atoms with Crippen molar-refractivity contribution in [3.63, 3.8) is 0 Å². The van der Waals surface area contributed by atoms with Crippen molar-refractivity contribution in [3.05, 3.63) is 67.4 Å². The maximum absolute atomic E-state index is 13.0. The predicted molar refractivity (Wildman–Crippen MR) is 120 cm³/mol. The summed E-state index contributed by atoms with van der Waals surface area (Å²) in [6.07, 6.45) is 2.78. The second-order valence-electron chi connectivity index (χ2n) is 8.37. The molecule has 2 aromatic heterocycles. The van der Waals surface area contributed by atoms with E-state index in [-0.39, 0.29) is 23.0 Å². The quantitative estimate of drug-likeness (QED) is 0.613. The summed E-state index contributed by atoms with van der Waals surface area (Å²) >= 11 is 7.12. The standard InChI is InChI=1S/C22H23ClN4O3S/c1-25(2)22(10-11-22)13-3-5-14(6-4-13)27-20(29)18-15(9-12-26(18)21(27)30)24-19(28)16-7-8-17(23)31-16/h3-8,15,29H,9-12H2,1-2H3,(H,24,28)/t15-/m1/s1. The highest BCUT2D eigenvalue weighted by Crippen LogP contribution is 2.49. The minimum atomic E-state index is -0.440. The summed E-state index contributed by atoms with van der Waals surface area (Å²) in [5.41, 5.74) is 2.04. The number of amides is 1. The molecule has 0 unspecified atom stereocenters. The van der Waals surface area contributed by atoms with Gasteiger partial charge in [-0.25, -0.2) is 9.36 Å². The van der Waals surface area contributed by atoms with Crippen molar-refractivity contribution in [2.24, 2.45) is 0 Å². The van der Waals surface area contributed by atoms with Gasteiger partial charge in [0.2, 0.25) is 5.88 Å². The number of hydrogen-bond acceptors (Lipinski definition) is 5. The number of imidazole rings is 1. The van der Waals surface area contributed by atoms with Crippen LogP contribution in [-0.4, -0.2) is 39.1 Å². The van der Waals surface area contributed by atoms with Crippen molar-refractivity contribution >= 4 is 28.8 Å². The Labute approximate surface area is 188 Å². The highest BCUT2D eigenvalue weighted by Gasteiger charge is 2.46. The average Bonchev–Trinajstić information content (AvgIpc) is 3.17. The lowest BCUT2D eigenvalue weighted by Gasteiger charge is -2.24. The molecule has 2 N–H and O–H groups in total. The first-order valence-corrected chi connectivity index (χ1v) is 11.4. The molecule has 0 radical (unpaired) electrons. The normalized spacial score (nSPS) is 18.9. The van der Waals surface area contributed by atoms with E-state index in [0.29, 0.717) is 33.6 Å². The van der Waals surface area contributed by atoms with E-state index in [2.05, 4.69) is 24.3 Å². The summed E-state index contributed by atoms with van der Waals surface area (Å²) in [6.45, 7) is 0.437. The lowest BCUT2D eigenvalue weighted by Crippen LogP contribution is -2.27. The van der Waals surface area contributed by atoms with Crippen molar-refractivity contribution in [1.29, 1.82) is 0 Å². The van der Waals surface area contributed by atoms with Crippen molar-refractivity contribution in [2.45, 2.75) is 37.4 Å². The first-order valence-electron chi connectivity index (χ1n) is 10.2. The third kappa shape index (κ3) is 3.21. The fourth-order valence-corrected chi connectivity index (χ4v) is 5.52. The molecule has 1 fully saturated rings. The number of halogens is 1. The molecule has 1 amide bonds. The first-order chi connectivity index (χ1) is 14.8.